The summed E-state index contributed by atoms with van der Waals surface area (Å²) in [5, 5.41) is 9.48. The van der Waals surface area contributed by atoms with Gasteiger partial charge in [-0.15, -0.1) is 0 Å². The molecule has 1 N–H and O–H groups in total. The van der Waals surface area contributed by atoms with Crippen LogP contribution in [0.1, 0.15) is 25.3 Å². The molecule has 3 aromatic rings. The largest absolute Gasteiger partial charge is 0.516 e. The van der Waals surface area contributed by atoms with Crippen molar-refractivity contribution in [3.05, 3.63) is 36.0 Å². The van der Waals surface area contributed by atoms with E-state index < -0.39 is 30.8 Å². The number of sulfonamides is 1. The normalized spacial score (nSPS) is 15.8. The first-order chi connectivity index (χ1) is 15.7. The molecule has 0 unspecified atom stereocenters. The van der Waals surface area contributed by atoms with Gasteiger partial charge in [0.25, 0.3) is 0 Å². The third-order valence-corrected chi connectivity index (χ3v) is 8.59. The third-order valence-electron chi connectivity index (χ3n) is 5.73. The van der Waals surface area contributed by atoms with E-state index in [1.165, 1.54) is 34.5 Å². The Kier molecular flexibility index (Phi) is 5.41. The molecule has 0 bridgehead atoms. The minimum atomic E-state index is -5.62. The van der Waals surface area contributed by atoms with E-state index >= 15 is 0 Å². The van der Waals surface area contributed by atoms with Crippen molar-refractivity contribution in [1.82, 2.24) is 14.5 Å². The lowest BCUT2D eigenvalue weighted by atomic mass is 9.99. The molecule has 1 aliphatic carbocycles. The van der Waals surface area contributed by atoms with Crippen molar-refractivity contribution in [3.8, 4) is 17.6 Å². The van der Waals surface area contributed by atoms with Crippen molar-refractivity contribution in [3.63, 3.8) is 0 Å². The van der Waals surface area contributed by atoms with E-state index in [-0.39, 0.29) is 33.4 Å². The molecule has 1 saturated carbocycles. The minimum absolute atomic E-state index is 0.0236. The molecule has 1 fully saturated rings. The first kappa shape index (κ1) is 24.0. The molecule has 0 aliphatic heterocycles. The predicted molar refractivity (Wildman–Crippen MR) is 117 cm³/mol. The maximum absolute atomic E-state index is 12.9. The number of halogens is 3. The molecule has 0 amide bonds. The van der Waals surface area contributed by atoms with Gasteiger partial charge in [0.05, 0.1) is 38.9 Å². The van der Waals surface area contributed by atoms with E-state index in [9.17, 15) is 35.3 Å². The van der Waals surface area contributed by atoms with Gasteiger partial charge in [-0.2, -0.15) is 26.9 Å². The highest BCUT2D eigenvalue weighted by atomic mass is 32.2. The van der Waals surface area contributed by atoms with Crippen LogP contribution in [0.15, 0.2) is 35.4 Å². The molecular weight excluding hydrogens is 495 g/mol. The number of pyridine rings is 1. The SMILES string of the molecule is CCS(=O)(=O)c1cc(C2(C#N)CC2)cnc1-c1nc2cc(NS(=O)(=O)C(F)(F)F)ccc2n1C. The van der Waals surface area contributed by atoms with Crippen molar-refractivity contribution in [2.75, 3.05) is 10.5 Å². The van der Waals surface area contributed by atoms with Gasteiger partial charge in [0.2, 0.25) is 0 Å². The molecule has 2 heterocycles. The second-order valence-corrected chi connectivity index (χ2v) is 11.8. The average molecular weight is 514 g/mol. The number of aryl methyl sites for hydroxylation is 1. The molecule has 9 nitrogen and oxygen atoms in total. The first-order valence-electron chi connectivity index (χ1n) is 9.95. The van der Waals surface area contributed by atoms with E-state index in [1.54, 1.807) is 7.05 Å². The van der Waals surface area contributed by atoms with Crippen LogP contribution < -0.4 is 4.72 Å². The van der Waals surface area contributed by atoms with Crippen LogP contribution in [-0.4, -0.2) is 42.6 Å². The molecule has 0 atom stereocenters. The zero-order chi connectivity index (χ0) is 25.1. The van der Waals surface area contributed by atoms with E-state index in [1.807, 2.05) is 0 Å². The lowest BCUT2D eigenvalue weighted by Gasteiger charge is -2.13. The second kappa shape index (κ2) is 7.67. The molecule has 0 radical (unpaired) electrons. The molecule has 34 heavy (non-hydrogen) atoms. The zero-order valence-corrected chi connectivity index (χ0v) is 19.5. The van der Waals surface area contributed by atoms with Crippen LogP contribution in [0.5, 0.6) is 0 Å². The van der Waals surface area contributed by atoms with E-state index in [2.05, 4.69) is 16.0 Å². The summed E-state index contributed by atoms with van der Waals surface area (Å²) in [6.07, 6.45) is 2.63. The molecule has 180 valence electrons. The number of aromatic nitrogens is 3. The van der Waals surface area contributed by atoms with Gasteiger partial charge in [0.1, 0.15) is 5.69 Å². The van der Waals surface area contributed by atoms with Crippen molar-refractivity contribution < 1.29 is 30.0 Å². The number of alkyl halides is 3. The van der Waals surface area contributed by atoms with Gasteiger partial charge in [0.15, 0.2) is 15.7 Å². The molecule has 1 aliphatic rings. The van der Waals surface area contributed by atoms with Gasteiger partial charge in [-0.25, -0.2) is 13.4 Å². The Hall–Kier alpha value is -3.18. The lowest BCUT2D eigenvalue weighted by molar-refractivity contribution is -0.0429. The summed E-state index contributed by atoms with van der Waals surface area (Å²) in [6, 6.07) is 7.24. The number of nitrogens with one attached hydrogen (secondary N) is 1. The number of rotatable bonds is 6. The number of imidazole rings is 1. The molecular formula is C20H18F3N5O4S2. The molecule has 2 aromatic heterocycles. The highest BCUT2D eigenvalue weighted by Gasteiger charge is 2.47. The Morgan fingerprint density at radius 2 is 1.88 bits per heavy atom. The van der Waals surface area contributed by atoms with Gasteiger partial charge < -0.3 is 4.57 Å². The van der Waals surface area contributed by atoms with E-state index in [4.69, 9.17) is 0 Å². The van der Waals surface area contributed by atoms with Crippen molar-refractivity contribution >= 4 is 36.6 Å². The number of anilines is 1. The van der Waals surface area contributed by atoms with Gasteiger partial charge in [0, 0.05) is 13.2 Å². The Balaban J connectivity index is 1.85. The predicted octanol–water partition coefficient (Wildman–Crippen LogP) is 3.25. The molecule has 1 aromatic carbocycles. The number of nitrogens with zero attached hydrogens (tertiary/aromatic N) is 4. The Bertz CT molecular complexity index is 1570. The molecule has 4 rings (SSSR count). The van der Waals surface area contributed by atoms with Crippen molar-refractivity contribution in [2.45, 2.75) is 35.6 Å². The Morgan fingerprint density at radius 1 is 1.21 bits per heavy atom. The van der Waals surface area contributed by atoms with E-state index in [0.717, 1.165) is 12.1 Å². The van der Waals surface area contributed by atoms with Crippen LogP contribution in [0.3, 0.4) is 0 Å². The fourth-order valence-corrected chi connectivity index (χ4v) is 5.15. The number of hydrogen-bond donors (Lipinski definition) is 1. The van der Waals surface area contributed by atoms with Crippen LogP contribution in [0, 0.1) is 11.3 Å². The molecule has 0 saturated heterocycles. The monoisotopic (exact) mass is 513 g/mol. The summed E-state index contributed by atoms with van der Waals surface area (Å²) in [5.74, 6) is -0.107. The highest BCUT2D eigenvalue weighted by molar-refractivity contribution is 7.93. The number of hydrogen-bond acceptors (Lipinski definition) is 7. The number of nitriles is 1. The zero-order valence-electron chi connectivity index (χ0n) is 17.9. The summed E-state index contributed by atoms with van der Waals surface area (Å²) in [7, 11) is -7.84. The number of benzene rings is 1. The summed E-state index contributed by atoms with van der Waals surface area (Å²) >= 11 is 0. The van der Waals surface area contributed by atoms with Gasteiger partial charge in [-0.1, -0.05) is 6.92 Å². The minimum Gasteiger partial charge on any atom is -0.326 e. The van der Waals surface area contributed by atoms with Gasteiger partial charge in [-0.3, -0.25) is 9.71 Å². The van der Waals surface area contributed by atoms with Gasteiger partial charge in [-0.05, 0) is 42.7 Å². The highest BCUT2D eigenvalue weighted by Crippen LogP contribution is 2.48. The lowest BCUT2D eigenvalue weighted by Crippen LogP contribution is -2.29. The third kappa shape index (κ3) is 3.88. The van der Waals surface area contributed by atoms with Crippen LogP contribution in [0.2, 0.25) is 0 Å². The smallest absolute Gasteiger partial charge is 0.326 e. The Morgan fingerprint density at radius 3 is 2.44 bits per heavy atom. The maximum Gasteiger partial charge on any atom is 0.516 e. The molecule has 0 spiro atoms. The van der Waals surface area contributed by atoms with Gasteiger partial charge >= 0.3 is 15.5 Å². The first-order valence-corrected chi connectivity index (χ1v) is 13.1. The fourth-order valence-electron chi connectivity index (χ4n) is 3.54. The molecule has 14 heteroatoms. The van der Waals surface area contributed by atoms with Crippen molar-refractivity contribution in [2.24, 2.45) is 7.05 Å². The van der Waals surface area contributed by atoms with Crippen LogP contribution in [0.25, 0.3) is 22.6 Å². The van der Waals surface area contributed by atoms with E-state index in [0.29, 0.717) is 23.9 Å². The Labute approximate surface area is 193 Å². The fraction of sp³-hybridized carbons (Fsp3) is 0.350. The second-order valence-electron chi connectivity index (χ2n) is 7.92. The van der Waals surface area contributed by atoms with Crippen LogP contribution in [-0.2, 0) is 32.3 Å². The topological polar surface area (TPSA) is 135 Å². The van der Waals surface area contributed by atoms with Crippen LogP contribution >= 0.6 is 0 Å². The number of sulfone groups is 1. The summed E-state index contributed by atoms with van der Waals surface area (Å²) in [4.78, 5) is 8.53. The summed E-state index contributed by atoms with van der Waals surface area (Å²) < 4.78 is 89.7. The average Bonchev–Trinajstić information content (AvgIpc) is 3.51. The number of fused-ring (bicyclic) bond motifs is 1. The van der Waals surface area contributed by atoms with Crippen molar-refractivity contribution in [1.29, 1.82) is 5.26 Å². The summed E-state index contributed by atoms with van der Waals surface area (Å²) in [5.41, 5.74) is -5.56. The summed E-state index contributed by atoms with van der Waals surface area (Å²) in [6.45, 7) is 1.47. The standard InChI is InChI=1S/C20H18F3N5O4S2/c1-3-33(29,30)16-8-12(19(11-24)6-7-19)10-25-17(16)18-26-14-9-13(4-5-15(14)28(18)2)27-34(31,32)20(21,22)23/h4-5,8-10,27H,3,6-7H2,1-2H3. The maximum atomic E-state index is 12.9. The van der Waals surface area contributed by atoms with Crippen LogP contribution in [0.4, 0.5) is 18.9 Å². The quantitative estimate of drug-likeness (QED) is 0.535.